The number of hydrogen-bond donors (Lipinski definition) is 1. The number of rotatable bonds is 2. The van der Waals surface area contributed by atoms with Crippen LogP contribution in [0.1, 0.15) is 23.2 Å². The molecule has 1 aliphatic heterocycles. The number of carbonyl (C=O) groups excluding carboxylic acids is 1. The van der Waals surface area contributed by atoms with Gasteiger partial charge in [0.2, 0.25) is 0 Å². The van der Waals surface area contributed by atoms with Gasteiger partial charge in [-0.1, -0.05) is 24.3 Å². The van der Waals surface area contributed by atoms with Gasteiger partial charge in [0.05, 0.1) is 12.7 Å². The van der Waals surface area contributed by atoms with Crippen LogP contribution >= 0.6 is 0 Å². The summed E-state index contributed by atoms with van der Waals surface area (Å²) in [6.45, 7) is 0. The molecule has 25 heavy (non-hydrogen) atoms. The third kappa shape index (κ3) is 1.91. The summed E-state index contributed by atoms with van der Waals surface area (Å²) < 4.78 is 5.27. The van der Waals surface area contributed by atoms with E-state index in [1.807, 2.05) is 53.4 Å². The maximum Gasteiger partial charge on any atom is 0.262 e. The number of fused-ring (bicyclic) bond motifs is 3. The van der Waals surface area contributed by atoms with E-state index < -0.39 is 0 Å². The Balaban J connectivity index is 1.65. The highest BCUT2D eigenvalue weighted by molar-refractivity contribution is 6.13. The average molecular weight is 332 g/mol. The summed E-state index contributed by atoms with van der Waals surface area (Å²) in [6.07, 6.45) is 6.61. The van der Waals surface area contributed by atoms with Crippen molar-refractivity contribution in [3.63, 3.8) is 0 Å². The van der Waals surface area contributed by atoms with Crippen molar-refractivity contribution in [3.05, 3.63) is 66.2 Å². The number of amides is 1. The minimum Gasteiger partial charge on any atom is -0.497 e. The monoisotopic (exact) mass is 332 g/mol. The number of para-hydroxylation sites is 1. The maximum absolute atomic E-state index is 13.4. The van der Waals surface area contributed by atoms with Gasteiger partial charge in [-0.2, -0.15) is 0 Å². The molecule has 3 unspecified atom stereocenters. The first-order chi connectivity index (χ1) is 12.2. The molecule has 0 radical (unpaired) electrons. The van der Waals surface area contributed by atoms with E-state index in [9.17, 15) is 4.79 Å². The molecule has 5 rings (SSSR count). The van der Waals surface area contributed by atoms with Crippen LogP contribution in [0.5, 0.6) is 5.75 Å². The molecule has 4 nitrogen and oxygen atoms in total. The van der Waals surface area contributed by atoms with Crippen LogP contribution in [-0.2, 0) is 0 Å². The Morgan fingerprint density at radius 1 is 1.16 bits per heavy atom. The molecule has 0 bridgehead atoms. The first-order valence-electron chi connectivity index (χ1n) is 8.75. The van der Waals surface area contributed by atoms with Crippen molar-refractivity contribution in [1.29, 1.82) is 0 Å². The molecule has 1 spiro atoms. The fraction of sp³-hybridized carbons (Fsp3) is 0.286. The number of benzene rings is 2. The topological polar surface area (TPSA) is 41.6 Å². The second-order valence-electron chi connectivity index (χ2n) is 7.09. The van der Waals surface area contributed by atoms with Gasteiger partial charge in [0, 0.05) is 17.3 Å². The highest BCUT2D eigenvalue weighted by Crippen LogP contribution is 2.56. The van der Waals surface area contributed by atoms with E-state index in [1.165, 1.54) is 0 Å². The molecule has 4 heteroatoms. The summed E-state index contributed by atoms with van der Waals surface area (Å²) in [5, 5.41) is 3.71. The lowest BCUT2D eigenvalue weighted by Crippen LogP contribution is -2.71. The van der Waals surface area contributed by atoms with Crippen molar-refractivity contribution in [3.8, 4) is 5.75 Å². The van der Waals surface area contributed by atoms with E-state index in [4.69, 9.17) is 4.74 Å². The Morgan fingerprint density at radius 2 is 1.96 bits per heavy atom. The molecule has 2 aliphatic carbocycles. The molecule has 2 aromatic rings. The van der Waals surface area contributed by atoms with Crippen molar-refractivity contribution < 1.29 is 9.53 Å². The van der Waals surface area contributed by atoms with Gasteiger partial charge < -0.3 is 10.1 Å². The summed E-state index contributed by atoms with van der Waals surface area (Å²) in [5.41, 5.74) is 2.22. The SMILES string of the molecule is COc1ccc(N2C(=O)c3ccccc3NC23CC2CC=CC23)cc1. The van der Waals surface area contributed by atoms with Crippen LogP contribution in [0.4, 0.5) is 11.4 Å². The van der Waals surface area contributed by atoms with Crippen molar-refractivity contribution in [2.24, 2.45) is 11.8 Å². The number of hydrogen-bond acceptors (Lipinski definition) is 3. The molecule has 1 saturated carbocycles. The molecule has 3 aliphatic rings. The number of anilines is 2. The van der Waals surface area contributed by atoms with Crippen LogP contribution in [0, 0.1) is 11.8 Å². The molecule has 1 amide bonds. The summed E-state index contributed by atoms with van der Waals surface area (Å²) in [5.74, 6) is 1.85. The molecular formula is C21H20N2O2. The van der Waals surface area contributed by atoms with Crippen LogP contribution in [0.2, 0.25) is 0 Å². The molecule has 1 N–H and O–H groups in total. The van der Waals surface area contributed by atoms with E-state index in [2.05, 4.69) is 17.5 Å². The zero-order chi connectivity index (χ0) is 17.0. The summed E-state index contributed by atoms with van der Waals surface area (Å²) in [7, 11) is 1.65. The van der Waals surface area contributed by atoms with Gasteiger partial charge in [0.15, 0.2) is 0 Å². The zero-order valence-corrected chi connectivity index (χ0v) is 14.1. The average Bonchev–Trinajstić information content (AvgIpc) is 3.04. The van der Waals surface area contributed by atoms with E-state index in [-0.39, 0.29) is 11.6 Å². The zero-order valence-electron chi connectivity index (χ0n) is 14.1. The quantitative estimate of drug-likeness (QED) is 0.843. The smallest absolute Gasteiger partial charge is 0.262 e. The standard InChI is InChI=1S/C21H20N2O2/c1-25-16-11-9-15(10-12-16)23-20(24)17-6-2-3-8-19(17)22-21(23)13-14-5-4-7-18(14)21/h2-4,6-12,14,18,22H,5,13H2,1H3. The van der Waals surface area contributed by atoms with Crippen LogP contribution in [0.25, 0.3) is 0 Å². The number of nitrogens with one attached hydrogen (secondary N) is 1. The molecule has 126 valence electrons. The molecule has 3 atom stereocenters. The molecule has 0 aromatic heterocycles. The van der Waals surface area contributed by atoms with Crippen molar-refractivity contribution in [2.75, 3.05) is 17.3 Å². The van der Waals surface area contributed by atoms with Crippen molar-refractivity contribution in [2.45, 2.75) is 18.5 Å². The Labute approximate surface area is 147 Å². The van der Waals surface area contributed by atoms with Gasteiger partial charge in [0.1, 0.15) is 11.4 Å². The van der Waals surface area contributed by atoms with E-state index in [0.29, 0.717) is 11.8 Å². The number of methoxy groups -OCH3 is 1. The molecule has 0 saturated heterocycles. The predicted octanol–water partition coefficient (Wildman–Crippen LogP) is 4.06. The first kappa shape index (κ1) is 14.6. The number of allylic oxidation sites excluding steroid dienone is 1. The van der Waals surface area contributed by atoms with E-state index in [0.717, 1.165) is 35.5 Å². The second-order valence-corrected chi connectivity index (χ2v) is 7.09. The molecular weight excluding hydrogens is 312 g/mol. The summed E-state index contributed by atoms with van der Waals surface area (Å²) in [6, 6.07) is 15.6. The fourth-order valence-corrected chi connectivity index (χ4v) is 4.66. The summed E-state index contributed by atoms with van der Waals surface area (Å²) >= 11 is 0. The minimum absolute atomic E-state index is 0.0678. The van der Waals surface area contributed by atoms with Crippen LogP contribution in [0.15, 0.2) is 60.7 Å². The lowest BCUT2D eigenvalue weighted by atomic mass is 9.63. The largest absolute Gasteiger partial charge is 0.497 e. The maximum atomic E-state index is 13.4. The number of ether oxygens (including phenoxy) is 1. The third-order valence-electron chi connectivity index (χ3n) is 5.86. The van der Waals surface area contributed by atoms with Gasteiger partial charge in [-0.05, 0) is 55.2 Å². The lowest BCUT2D eigenvalue weighted by molar-refractivity contribution is 0.0725. The van der Waals surface area contributed by atoms with Gasteiger partial charge in [-0.3, -0.25) is 9.69 Å². The van der Waals surface area contributed by atoms with Crippen molar-refractivity contribution in [1.82, 2.24) is 0 Å². The normalized spacial score (nSPS) is 29.0. The molecule has 2 aromatic carbocycles. The Morgan fingerprint density at radius 3 is 2.72 bits per heavy atom. The minimum atomic E-state index is -0.363. The van der Waals surface area contributed by atoms with Gasteiger partial charge >= 0.3 is 0 Å². The first-order valence-corrected chi connectivity index (χ1v) is 8.75. The number of nitrogens with zero attached hydrogens (tertiary/aromatic N) is 1. The van der Waals surface area contributed by atoms with Crippen LogP contribution in [0.3, 0.4) is 0 Å². The Bertz CT molecular complexity index is 874. The van der Waals surface area contributed by atoms with Crippen molar-refractivity contribution >= 4 is 17.3 Å². The molecule has 1 heterocycles. The van der Waals surface area contributed by atoms with Gasteiger partial charge in [0.25, 0.3) is 5.91 Å². The second kappa shape index (κ2) is 5.12. The number of carbonyl (C=O) groups is 1. The lowest BCUT2D eigenvalue weighted by Gasteiger charge is -2.60. The van der Waals surface area contributed by atoms with E-state index >= 15 is 0 Å². The van der Waals surface area contributed by atoms with Gasteiger partial charge in [-0.25, -0.2) is 0 Å². The summed E-state index contributed by atoms with van der Waals surface area (Å²) in [4.78, 5) is 15.4. The fourth-order valence-electron chi connectivity index (χ4n) is 4.66. The highest BCUT2D eigenvalue weighted by Gasteiger charge is 2.61. The Kier molecular flexibility index (Phi) is 2.99. The predicted molar refractivity (Wildman–Crippen MR) is 98.0 cm³/mol. The molecule has 1 fully saturated rings. The van der Waals surface area contributed by atoms with E-state index in [1.54, 1.807) is 7.11 Å². The van der Waals surface area contributed by atoms with Crippen LogP contribution in [-0.4, -0.2) is 18.7 Å². The van der Waals surface area contributed by atoms with Crippen LogP contribution < -0.4 is 15.0 Å². The third-order valence-corrected chi connectivity index (χ3v) is 5.86. The highest BCUT2D eigenvalue weighted by atomic mass is 16.5. The van der Waals surface area contributed by atoms with Gasteiger partial charge in [-0.15, -0.1) is 0 Å². The Hall–Kier alpha value is -2.75.